The number of rotatable bonds is 5. The quantitative estimate of drug-likeness (QED) is 0.443. The molecule has 1 fully saturated rings. The van der Waals surface area contributed by atoms with Gasteiger partial charge in [0.25, 0.3) is 5.91 Å². The number of hydrogen-bond acceptors (Lipinski definition) is 5. The molecule has 0 radical (unpaired) electrons. The zero-order chi connectivity index (χ0) is 22.8. The number of hydrogen-bond donors (Lipinski definition) is 1. The highest BCUT2D eigenvalue weighted by Gasteiger charge is 2.18. The molecule has 33 heavy (non-hydrogen) atoms. The Morgan fingerprint density at radius 1 is 1.03 bits per heavy atom. The maximum absolute atomic E-state index is 12.7. The third-order valence-electron chi connectivity index (χ3n) is 5.56. The molecular weight excluding hydrogens is 461 g/mol. The van der Waals surface area contributed by atoms with Gasteiger partial charge in [-0.15, -0.1) is 0 Å². The lowest BCUT2D eigenvalue weighted by atomic mass is 10.1. The van der Waals surface area contributed by atoms with Gasteiger partial charge in [0.1, 0.15) is 5.82 Å². The Bertz CT molecular complexity index is 1300. The molecule has 1 aliphatic rings. The van der Waals surface area contributed by atoms with Crippen molar-refractivity contribution in [3.05, 3.63) is 82.0 Å². The third kappa shape index (κ3) is 4.66. The zero-order valence-electron chi connectivity index (χ0n) is 17.7. The average molecular weight is 482 g/mol. The summed E-state index contributed by atoms with van der Waals surface area (Å²) in [5, 5.41) is 8.96. The zero-order valence-corrected chi connectivity index (χ0v) is 19.2. The molecule has 1 saturated heterocycles. The van der Waals surface area contributed by atoms with Crippen LogP contribution >= 0.6 is 23.2 Å². The molecule has 0 spiro atoms. The predicted octanol–water partition coefficient (Wildman–Crippen LogP) is 4.79. The fraction of sp³-hybridized carbons (Fsp3) is 0.208. The fourth-order valence-corrected chi connectivity index (χ4v) is 4.25. The van der Waals surface area contributed by atoms with Gasteiger partial charge in [0.2, 0.25) is 0 Å². The van der Waals surface area contributed by atoms with E-state index in [0.717, 1.165) is 22.6 Å². The van der Waals surface area contributed by atoms with Gasteiger partial charge in [-0.3, -0.25) is 4.79 Å². The van der Waals surface area contributed by atoms with Crippen molar-refractivity contribution in [3.8, 4) is 11.3 Å². The van der Waals surface area contributed by atoms with Crippen LogP contribution < -0.4 is 5.32 Å². The molecule has 0 aliphatic carbocycles. The normalized spacial score (nSPS) is 13.9. The van der Waals surface area contributed by atoms with E-state index in [4.69, 9.17) is 32.9 Å². The van der Waals surface area contributed by atoms with Crippen molar-refractivity contribution in [2.24, 2.45) is 0 Å². The van der Waals surface area contributed by atoms with Crippen molar-refractivity contribution in [1.82, 2.24) is 19.5 Å². The maximum atomic E-state index is 12.7. The van der Waals surface area contributed by atoms with E-state index < -0.39 is 0 Å². The van der Waals surface area contributed by atoms with Crippen LogP contribution in [-0.2, 0) is 11.3 Å². The molecule has 4 aromatic rings. The summed E-state index contributed by atoms with van der Waals surface area (Å²) in [5.74, 6) is 0.797. The number of aromatic nitrogens is 3. The number of nitrogens with one attached hydrogen (secondary N) is 1. The maximum Gasteiger partial charge on any atom is 0.254 e. The summed E-state index contributed by atoms with van der Waals surface area (Å²) < 4.78 is 7.07. The number of morpholine rings is 1. The molecule has 5 rings (SSSR count). The van der Waals surface area contributed by atoms with E-state index in [9.17, 15) is 4.79 Å². The molecule has 1 amide bonds. The van der Waals surface area contributed by atoms with Crippen LogP contribution in [0.4, 0.5) is 5.82 Å². The SMILES string of the molecule is O=C(c1ccc(-c2cc(NCc3ccc(Cl)cc3Cl)n3nccc3n2)cc1)N1CCOCC1. The lowest BCUT2D eigenvalue weighted by Crippen LogP contribution is -2.40. The van der Waals surface area contributed by atoms with Crippen molar-refractivity contribution < 1.29 is 9.53 Å². The fourth-order valence-electron chi connectivity index (χ4n) is 3.77. The minimum atomic E-state index is 0.0197. The summed E-state index contributed by atoms with van der Waals surface area (Å²) >= 11 is 12.3. The third-order valence-corrected chi connectivity index (χ3v) is 6.15. The van der Waals surface area contributed by atoms with Crippen molar-refractivity contribution >= 4 is 40.6 Å². The number of nitrogens with zero attached hydrogens (tertiary/aromatic N) is 4. The highest BCUT2D eigenvalue weighted by atomic mass is 35.5. The molecule has 2 aromatic carbocycles. The first-order valence-electron chi connectivity index (χ1n) is 10.6. The Balaban J connectivity index is 1.40. The van der Waals surface area contributed by atoms with Crippen LogP contribution in [0.1, 0.15) is 15.9 Å². The number of anilines is 1. The number of fused-ring (bicyclic) bond motifs is 1. The first-order chi connectivity index (χ1) is 16.1. The Morgan fingerprint density at radius 2 is 1.82 bits per heavy atom. The molecule has 0 saturated carbocycles. The molecule has 1 N–H and O–H groups in total. The second kappa shape index (κ2) is 9.39. The van der Waals surface area contributed by atoms with E-state index in [1.54, 1.807) is 16.8 Å². The molecular formula is C24H21Cl2N5O2. The number of carbonyl (C=O) groups excluding carboxylic acids is 1. The summed E-state index contributed by atoms with van der Waals surface area (Å²) in [6, 6.07) is 16.7. The smallest absolute Gasteiger partial charge is 0.254 e. The molecule has 168 valence electrons. The minimum absolute atomic E-state index is 0.0197. The summed E-state index contributed by atoms with van der Waals surface area (Å²) in [4.78, 5) is 19.3. The highest BCUT2D eigenvalue weighted by Crippen LogP contribution is 2.25. The van der Waals surface area contributed by atoms with Crippen LogP contribution in [0.15, 0.2) is 60.8 Å². The first-order valence-corrected chi connectivity index (χ1v) is 11.3. The van der Waals surface area contributed by atoms with Crippen LogP contribution in [0, 0.1) is 0 Å². The number of ether oxygens (including phenoxy) is 1. The standard InChI is InChI=1S/C24H21Cl2N5O2/c25-19-6-5-18(20(26)13-19)15-27-23-14-21(29-22-7-8-28-31(22)23)16-1-3-17(4-2-16)24(32)30-9-11-33-12-10-30/h1-8,13-14,27H,9-12,15H2. The van der Waals surface area contributed by atoms with E-state index in [1.807, 2.05) is 53.4 Å². The van der Waals surface area contributed by atoms with E-state index in [1.165, 1.54) is 0 Å². The topological polar surface area (TPSA) is 71.8 Å². The van der Waals surface area contributed by atoms with Gasteiger partial charge >= 0.3 is 0 Å². The Labute approximate surface area is 200 Å². The van der Waals surface area contributed by atoms with Crippen LogP contribution in [-0.4, -0.2) is 51.7 Å². The first kappa shape index (κ1) is 21.7. The monoisotopic (exact) mass is 481 g/mol. The average Bonchev–Trinajstić information content (AvgIpc) is 3.32. The largest absolute Gasteiger partial charge is 0.378 e. The van der Waals surface area contributed by atoms with Crippen LogP contribution in [0.5, 0.6) is 0 Å². The molecule has 3 heterocycles. The van der Waals surface area contributed by atoms with Gasteiger partial charge in [-0.05, 0) is 29.8 Å². The molecule has 0 atom stereocenters. The summed E-state index contributed by atoms with van der Waals surface area (Å²) in [6.07, 6.45) is 1.71. The Kier molecular flexibility index (Phi) is 6.17. The Morgan fingerprint density at radius 3 is 2.58 bits per heavy atom. The van der Waals surface area contributed by atoms with Crippen molar-refractivity contribution in [2.75, 3.05) is 31.6 Å². The van der Waals surface area contributed by atoms with E-state index in [2.05, 4.69) is 10.4 Å². The molecule has 0 bridgehead atoms. The van der Waals surface area contributed by atoms with Gasteiger partial charge < -0.3 is 15.0 Å². The lowest BCUT2D eigenvalue weighted by Gasteiger charge is -2.26. The number of benzene rings is 2. The molecule has 2 aromatic heterocycles. The van der Waals surface area contributed by atoms with Crippen molar-refractivity contribution in [2.45, 2.75) is 6.54 Å². The summed E-state index contributed by atoms with van der Waals surface area (Å²) in [7, 11) is 0. The Hall–Kier alpha value is -3.13. The van der Waals surface area contributed by atoms with Crippen LogP contribution in [0.3, 0.4) is 0 Å². The van der Waals surface area contributed by atoms with Gasteiger partial charge in [-0.25, -0.2) is 4.98 Å². The molecule has 1 aliphatic heterocycles. The second-order valence-corrected chi connectivity index (χ2v) is 8.54. The summed E-state index contributed by atoms with van der Waals surface area (Å²) in [5.41, 5.74) is 3.97. The number of halogens is 2. The van der Waals surface area contributed by atoms with Gasteiger partial charge in [0, 0.05) is 52.9 Å². The van der Waals surface area contributed by atoms with E-state index in [-0.39, 0.29) is 5.91 Å². The van der Waals surface area contributed by atoms with Gasteiger partial charge in [-0.2, -0.15) is 9.61 Å². The number of amides is 1. The summed E-state index contributed by atoms with van der Waals surface area (Å²) in [6.45, 7) is 2.90. The predicted molar refractivity (Wildman–Crippen MR) is 129 cm³/mol. The second-order valence-electron chi connectivity index (χ2n) is 7.70. The van der Waals surface area contributed by atoms with Crippen molar-refractivity contribution in [1.29, 1.82) is 0 Å². The van der Waals surface area contributed by atoms with E-state index in [0.29, 0.717) is 54.1 Å². The highest BCUT2D eigenvalue weighted by molar-refractivity contribution is 6.35. The van der Waals surface area contributed by atoms with Gasteiger partial charge in [0.05, 0.1) is 25.1 Å². The van der Waals surface area contributed by atoms with E-state index >= 15 is 0 Å². The molecule has 0 unspecified atom stereocenters. The van der Waals surface area contributed by atoms with Crippen LogP contribution in [0.2, 0.25) is 10.0 Å². The van der Waals surface area contributed by atoms with Gasteiger partial charge in [0.15, 0.2) is 5.65 Å². The lowest BCUT2D eigenvalue weighted by molar-refractivity contribution is 0.0303. The molecule has 7 nitrogen and oxygen atoms in total. The molecule has 9 heteroatoms. The minimum Gasteiger partial charge on any atom is -0.378 e. The van der Waals surface area contributed by atoms with Gasteiger partial charge in [-0.1, -0.05) is 41.4 Å². The van der Waals surface area contributed by atoms with Crippen molar-refractivity contribution in [3.63, 3.8) is 0 Å². The number of carbonyl (C=O) groups is 1. The van der Waals surface area contributed by atoms with Crippen LogP contribution in [0.25, 0.3) is 16.9 Å².